The molecule has 6 N–H and O–H groups in total. The quantitative estimate of drug-likeness (QED) is 0.537. The average Bonchev–Trinajstić information content (AvgIpc) is 2.74. The molecule has 28 heavy (non-hydrogen) atoms. The summed E-state index contributed by atoms with van der Waals surface area (Å²) in [6.07, 6.45) is 0. The molecule has 0 unspecified atom stereocenters. The number of benzene rings is 2. The molecule has 0 aliphatic rings. The molecule has 0 aliphatic carbocycles. The highest BCUT2D eigenvalue weighted by Crippen LogP contribution is 2.04. The first-order chi connectivity index (χ1) is 13.6. The Bertz CT molecular complexity index is 960. The summed E-state index contributed by atoms with van der Waals surface area (Å²) in [7, 11) is 0. The first-order valence-electron chi connectivity index (χ1n) is 8.63. The molecular formula is C22H21N3O3. The molecule has 0 aliphatic heterocycles. The van der Waals surface area contributed by atoms with E-state index in [0.717, 1.165) is 11.1 Å². The molecule has 0 heterocycles. The van der Waals surface area contributed by atoms with Crippen molar-refractivity contribution in [3.8, 4) is 23.7 Å². The highest BCUT2D eigenvalue weighted by atomic mass is 16.3. The largest absolute Gasteiger partial charge is 0.388 e. The monoisotopic (exact) mass is 375 g/mol. The number of carbonyl (C=O) groups excluding carboxylic acids is 2. The van der Waals surface area contributed by atoms with Gasteiger partial charge in [-0.3, -0.25) is 9.59 Å². The van der Waals surface area contributed by atoms with Crippen molar-refractivity contribution >= 4 is 11.7 Å². The van der Waals surface area contributed by atoms with Crippen molar-refractivity contribution in [1.29, 1.82) is 0 Å². The Morgan fingerprint density at radius 2 is 1.68 bits per heavy atom. The van der Waals surface area contributed by atoms with Gasteiger partial charge in [-0.1, -0.05) is 24.0 Å². The minimum atomic E-state index is -0.912. The van der Waals surface area contributed by atoms with Crippen LogP contribution in [0, 0.1) is 23.7 Å². The number of nitrogens with two attached hydrogens (primary N) is 2. The van der Waals surface area contributed by atoms with Gasteiger partial charge in [-0.15, -0.1) is 0 Å². The molecule has 2 aromatic carbocycles. The summed E-state index contributed by atoms with van der Waals surface area (Å²) in [6.45, 7) is -0.295. The smallest absolute Gasteiger partial charge is 0.251 e. The predicted molar refractivity (Wildman–Crippen MR) is 107 cm³/mol. The Hall–Kier alpha value is -3.42. The number of amides is 1. The second kappa shape index (κ2) is 10.7. The molecule has 2 aromatic rings. The minimum absolute atomic E-state index is 0.0818. The maximum absolute atomic E-state index is 12.1. The summed E-state index contributed by atoms with van der Waals surface area (Å²) < 4.78 is 0. The zero-order valence-electron chi connectivity index (χ0n) is 15.2. The second-order valence-electron chi connectivity index (χ2n) is 5.87. The topological polar surface area (TPSA) is 118 Å². The minimum Gasteiger partial charge on any atom is -0.388 e. The van der Waals surface area contributed by atoms with Gasteiger partial charge in [0.25, 0.3) is 5.91 Å². The maximum Gasteiger partial charge on any atom is 0.251 e. The van der Waals surface area contributed by atoms with Gasteiger partial charge in [0, 0.05) is 29.8 Å². The third-order valence-corrected chi connectivity index (χ3v) is 3.87. The maximum atomic E-state index is 12.1. The summed E-state index contributed by atoms with van der Waals surface area (Å²) >= 11 is 0. The van der Waals surface area contributed by atoms with E-state index in [1.807, 2.05) is 24.3 Å². The molecule has 6 nitrogen and oxygen atoms in total. The number of aliphatic hydroxyl groups excluding tert-OH is 1. The van der Waals surface area contributed by atoms with Gasteiger partial charge in [-0.2, -0.15) is 0 Å². The van der Waals surface area contributed by atoms with E-state index in [1.54, 1.807) is 24.3 Å². The van der Waals surface area contributed by atoms with Crippen LogP contribution >= 0.6 is 0 Å². The zero-order chi connectivity index (χ0) is 20.4. The van der Waals surface area contributed by atoms with Crippen LogP contribution in [-0.2, 0) is 11.3 Å². The second-order valence-corrected chi connectivity index (χ2v) is 5.87. The van der Waals surface area contributed by atoms with Gasteiger partial charge in [-0.05, 0) is 53.8 Å². The van der Waals surface area contributed by atoms with Crippen molar-refractivity contribution in [3.05, 3.63) is 70.8 Å². The van der Waals surface area contributed by atoms with Gasteiger partial charge < -0.3 is 21.9 Å². The van der Waals surface area contributed by atoms with E-state index < -0.39 is 24.3 Å². The highest BCUT2D eigenvalue weighted by molar-refractivity contribution is 5.98. The van der Waals surface area contributed by atoms with Crippen LogP contribution in [0.3, 0.4) is 0 Å². The predicted octanol–water partition coefficient (Wildman–Crippen LogP) is 0.167. The van der Waals surface area contributed by atoms with Gasteiger partial charge >= 0.3 is 0 Å². The molecule has 0 radical (unpaired) electrons. The van der Waals surface area contributed by atoms with E-state index in [9.17, 15) is 9.59 Å². The lowest BCUT2D eigenvalue weighted by atomic mass is 10.1. The molecule has 2 rings (SSSR count). The molecule has 0 saturated carbocycles. The molecule has 0 fully saturated rings. The Morgan fingerprint density at radius 1 is 1.00 bits per heavy atom. The van der Waals surface area contributed by atoms with Crippen LogP contribution in [0.4, 0.5) is 0 Å². The van der Waals surface area contributed by atoms with Gasteiger partial charge in [0.1, 0.15) is 12.6 Å². The zero-order valence-corrected chi connectivity index (χ0v) is 15.2. The first-order valence-corrected chi connectivity index (χ1v) is 8.63. The van der Waals surface area contributed by atoms with E-state index in [0.29, 0.717) is 17.7 Å². The lowest BCUT2D eigenvalue weighted by molar-refractivity contribution is -0.123. The lowest BCUT2D eigenvalue weighted by Gasteiger charge is -2.14. The molecule has 0 bridgehead atoms. The molecule has 6 heteroatoms. The summed E-state index contributed by atoms with van der Waals surface area (Å²) in [5, 5.41) is 11.4. The molecule has 0 spiro atoms. The molecule has 1 atom stereocenters. The van der Waals surface area contributed by atoms with Crippen LogP contribution in [-0.4, -0.2) is 36.0 Å². The van der Waals surface area contributed by atoms with Crippen molar-refractivity contribution in [2.75, 3.05) is 13.2 Å². The van der Waals surface area contributed by atoms with E-state index in [4.69, 9.17) is 16.6 Å². The summed E-state index contributed by atoms with van der Waals surface area (Å²) in [6, 6.07) is 13.3. The number of rotatable bonds is 6. The Labute approximate surface area is 163 Å². The van der Waals surface area contributed by atoms with Crippen molar-refractivity contribution in [2.45, 2.75) is 12.6 Å². The Kier molecular flexibility index (Phi) is 7.95. The van der Waals surface area contributed by atoms with Gasteiger partial charge in [-0.25, -0.2) is 0 Å². The Morgan fingerprint density at radius 3 is 2.29 bits per heavy atom. The fraction of sp³-hybridized carbons (Fsp3) is 0.182. The van der Waals surface area contributed by atoms with E-state index in [1.165, 1.54) is 0 Å². The van der Waals surface area contributed by atoms with Crippen molar-refractivity contribution < 1.29 is 14.7 Å². The molecule has 1 amide bonds. The molecule has 0 saturated heterocycles. The SMILES string of the molecule is NCc1cccc(C#CC#Cc2ccc(C(=O)N[C@@H](CN)C(=O)CO)cc2)c1. The summed E-state index contributed by atoms with van der Waals surface area (Å²) in [5.41, 5.74) is 14.0. The summed E-state index contributed by atoms with van der Waals surface area (Å²) in [4.78, 5) is 23.6. The van der Waals surface area contributed by atoms with Crippen LogP contribution in [0.5, 0.6) is 0 Å². The van der Waals surface area contributed by atoms with Crippen molar-refractivity contribution in [3.63, 3.8) is 0 Å². The Balaban J connectivity index is 2.02. The normalized spacial score (nSPS) is 10.7. The van der Waals surface area contributed by atoms with Crippen molar-refractivity contribution in [2.24, 2.45) is 11.5 Å². The fourth-order valence-corrected chi connectivity index (χ4v) is 2.31. The number of nitrogens with one attached hydrogen (secondary N) is 1. The van der Waals surface area contributed by atoms with E-state index in [2.05, 4.69) is 29.0 Å². The van der Waals surface area contributed by atoms with Crippen LogP contribution in [0.1, 0.15) is 27.0 Å². The van der Waals surface area contributed by atoms with Gasteiger partial charge in [0.15, 0.2) is 5.78 Å². The number of aliphatic hydroxyl groups is 1. The summed E-state index contributed by atoms with van der Waals surface area (Å²) in [5.74, 6) is 10.4. The number of ketones is 1. The van der Waals surface area contributed by atoms with Crippen LogP contribution in [0.25, 0.3) is 0 Å². The molecule has 142 valence electrons. The number of hydrogen-bond donors (Lipinski definition) is 4. The van der Waals surface area contributed by atoms with Crippen LogP contribution < -0.4 is 16.8 Å². The van der Waals surface area contributed by atoms with E-state index in [-0.39, 0.29) is 6.54 Å². The molecule has 0 aromatic heterocycles. The third kappa shape index (κ3) is 6.08. The van der Waals surface area contributed by atoms with E-state index >= 15 is 0 Å². The van der Waals surface area contributed by atoms with Crippen LogP contribution in [0.2, 0.25) is 0 Å². The number of carbonyl (C=O) groups is 2. The average molecular weight is 375 g/mol. The lowest BCUT2D eigenvalue weighted by Crippen LogP contribution is -2.46. The number of Topliss-reactive ketones (excluding diaryl/α,β-unsaturated/α-hetero) is 1. The highest BCUT2D eigenvalue weighted by Gasteiger charge is 2.18. The van der Waals surface area contributed by atoms with Gasteiger partial charge in [0.05, 0.1) is 0 Å². The number of hydrogen-bond acceptors (Lipinski definition) is 5. The first kappa shape index (κ1) is 20.9. The van der Waals surface area contributed by atoms with Crippen LogP contribution in [0.15, 0.2) is 48.5 Å². The molecular weight excluding hydrogens is 354 g/mol. The fourth-order valence-electron chi connectivity index (χ4n) is 2.31. The van der Waals surface area contributed by atoms with Gasteiger partial charge in [0.2, 0.25) is 0 Å². The third-order valence-electron chi connectivity index (χ3n) is 3.87. The van der Waals surface area contributed by atoms with Crippen molar-refractivity contribution in [1.82, 2.24) is 5.32 Å². The standard InChI is InChI=1S/C22H21N3O3/c23-13-18-7-3-6-17(12-18)5-2-1-4-16-8-10-19(11-9-16)22(28)25-20(14-24)21(27)15-26/h3,6-12,20,26H,13-15,23-24H2,(H,25,28)/t20-/m0/s1.